The summed E-state index contributed by atoms with van der Waals surface area (Å²) in [7, 11) is -2.56. The molecule has 0 unspecified atom stereocenters. The molecule has 16 heteroatoms. The second-order valence-electron chi connectivity index (χ2n) is 15.5. The van der Waals surface area contributed by atoms with Gasteiger partial charge < -0.3 is 29.9 Å². The SMILES string of the molecule is FC(F)(F)c1cn[n-]c1.FC(F)(F)c1cn[n-]c1.[CH2-]c1ccccc1Oc1ccccc1[CH2-].[Cu+].[Cu].c1ccc([PH+](c2ccccc2)c2ccccc2Oc2ccccc2[PH+](c2ccccc2)c2ccccc2)cc1. The molecule has 8 aromatic carbocycles. The summed E-state index contributed by atoms with van der Waals surface area (Å²) in [5, 5.41) is 20.0. The molecule has 0 bridgehead atoms. The van der Waals surface area contributed by atoms with Gasteiger partial charge in [0.2, 0.25) is 0 Å². The summed E-state index contributed by atoms with van der Waals surface area (Å²) >= 11 is 0. The third-order valence-electron chi connectivity index (χ3n) is 10.5. The van der Waals surface area contributed by atoms with Gasteiger partial charge in [-0.2, -0.15) is 63.4 Å². The van der Waals surface area contributed by atoms with Crippen molar-refractivity contribution in [3.8, 4) is 23.0 Å². The van der Waals surface area contributed by atoms with E-state index in [2.05, 4.69) is 204 Å². The van der Waals surface area contributed by atoms with Gasteiger partial charge in [-0.1, -0.05) is 121 Å². The standard InChI is InChI=1S/C36H28OP2.C14H12O.2C4H2F3N2.2Cu/c1-5-17-29(18-6-1)38(30-19-7-2-8-20-30)35-27-15-13-25-33(35)37-34-26-14-16-28-36(34)39(31-21-9-3-10-22-31)32-23-11-4-12-24-32;1-11-7-3-5-9-13(11)15-14-10-6-4-8-12(14)2;2*5-4(6,7)3-1-8-9-2-3;;/h1-28H;3-10H,1-2H2;2*1-2H;;/q;-2;2*-1;;+1/p+2. The van der Waals surface area contributed by atoms with Gasteiger partial charge in [0.25, 0.3) is 0 Å². The molecule has 2 aromatic heterocycles. The van der Waals surface area contributed by atoms with E-state index in [0.29, 0.717) is 24.8 Å². The second kappa shape index (κ2) is 28.5. The van der Waals surface area contributed by atoms with Gasteiger partial charge in [-0.3, -0.25) is 0 Å². The average Bonchev–Trinajstić information content (AvgIpc) is 4.17. The molecule has 10 aromatic rings. The van der Waals surface area contributed by atoms with E-state index in [1.807, 2.05) is 48.5 Å². The number of nitrogens with zero attached hydrogens (tertiary/aromatic N) is 4. The Morgan fingerprint density at radius 3 is 0.878 bits per heavy atom. The largest absolute Gasteiger partial charge is 1.00 e. The maximum absolute atomic E-state index is 11.5. The summed E-state index contributed by atoms with van der Waals surface area (Å²) in [6.07, 6.45) is -5.88. The number of ether oxygens (including phenoxy) is 2. The molecular weight excluding hydrogens is 1090 g/mol. The Morgan fingerprint density at radius 2 is 0.622 bits per heavy atom. The first-order chi connectivity index (χ1) is 34.9. The second-order valence-corrected chi connectivity index (χ2v) is 20.4. The first-order valence-electron chi connectivity index (χ1n) is 22.2. The zero-order chi connectivity index (χ0) is 50.8. The maximum Gasteiger partial charge on any atom is 1.00 e. The van der Waals surface area contributed by atoms with Gasteiger partial charge in [0.1, 0.15) is 47.7 Å². The molecule has 74 heavy (non-hydrogen) atoms. The van der Waals surface area contributed by atoms with Crippen LogP contribution in [0.1, 0.15) is 22.3 Å². The Kier molecular flexibility index (Phi) is 22.3. The van der Waals surface area contributed by atoms with Gasteiger partial charge in [0, 0.05) is 41.0 Å². The molecule has 0 atom stereocenters. The summed E-state index contributed by atoms with van der Waals surface area (Å²) in [4.78, 5) is 0. The summed E-state index contributed by atoms with van der Waals surface area (Å²) in [5.41, 5.74) is 0.145. The van der Waals surface area contributed by atoms with E-state index in [1.54, 1.807) is 0 Å². The molecule has 2 heterocycles. The van der Waals surface area contributed by atoms with Crippen LogP contribution in [0, 0.1) is 13.8 Å². The monoisotopic (exact) mass is 1130 g/mol. The van der Waals surface area contributed by atoms with Crippen molar-refractivity contribution >= 4 is 47.7 Å². The van der Waals surface area contributed by atoms with Crippen molar-refractivity contribution in [2.45, 2.75) is 12.4 Å². The van der Waals surface area contributed by atoms with E-state index in [0.717, 1.165) is 34.1 Å². The molecule has 0 N–H and O–H groups in total. The molecule has 6 nitrogen and oxygen atoms in total. The van der Waals surface area contributed by atoms with Crippen LogP contribution < -0.4 is 51.5 Å². The average molecular weight is 1130 g/mol. The quantitative estimate of drug-likeness (QED) is 0.0588. The van der Waals surface area contributed by atoms with Crippen molar-refractivity contribution in [1.82, 2.24) is 20.4 Å². The van der Waals surface area contributed by atoms with E-state index in [1.165, 1.54) is 31.8 Å². The van der Waals surface area contributed by atoms with Crippen molar-refractivity contribution in [2.75, 3.05) is 0 Å². The zero-order valence-electron chi connectivity index (χ0n) is 39.0. The summed E-state index contributed by atoms with van der Waals surface area (Å²) in [5.74, 6) is 3.39. The Labute approximate surface area is 450 Å². The van der Waals surface area contributed by atoms with Crippen molar-refractivity contribution in [1.29, 1.82) is 0 Å². The number of halogens is 6. The normalized spacial score (nSPS) is 10.7. The molecular formula is C58H46Cu2F6N4O2P2-. The Morgan fingerprint density at radius 1 is 0.365 bits per heavy atom. The number of para-hydroxylation sites is 4. The fraction of sp³-hybridized carbons (Fsp3) is 0.0345. The Bertz CT molecular complexity index is 2870. The molecule has 0 saturated heterocycles. The van der Waals surface area contributed by atoms with Gasteiger partial charge in [-0.05, 0) is 72.8 Å². The van der Waals surface area contributed by atoms with Crippen molar-refractivity contribution < 1.29 is 70.0 Å². The van der Waals surface area contributed by atoms with Crippen molar-refractivity contribution in [3.05, 3.63) is 279 Å². The third kappa shape index (κ3) is 16.5. The van der Waals surface area contributed by atoms with Crippen molar-refractivity contribution in [2.24, 2.45) is 0 Å². The molecule has 0 aliphatic heterocycles. The first kappa shape index (κ1) is 57.9. The fourth-order valence-electron chi connectivity index (χ4n) is 7.08. The minimum atomic E-state index is -4.30. The van der Waals surface area contributed by atoms with Gasteiger partial charge in [0.15, 0.2) is 11.5 Å². The maximum atomic E-state index is 11.5. The molecule has 0 saturated carbocycles. The van der Waals surface area contributed by atoms with E-state index in [-0.39, 0.29) is 34.1 Å². The van der Waals surface area contributed by atoms with Crippen LogP contribution in [0.15, 0.2) is 243 Å². The van der Waals surface area contributed by atoms with E-state index in [4.69, 9.17) is 9.47 Å². The van der Waals surface area contributed by atoms with Crippen LogP contribution in [0.25, 0.3) is 0 Å². The number of benzene rings is 8. The van der Waals surface area contributed by atoms with Gasteiger partial charge >= 0.3 is 29.4 Å². The van der Waals surface area contributed by atoms with E-state index >= 15 is 0 Å². The minimum Gasteiger partial charge on any atom is -0.581 e. The van der Waals surface area contributed by atoms with Gasteiger partial charge in [-0.15, -0.1) is 24.5 Å². The topological polar surface area (TPSA) is 72.4 Å². The van der Waals surface area contributed by atoms with Crippen LogP contribution in [-0.4, -0.2) is 10.2 Å². The molecule has 0 amide bonds. The number of alkyl halides is 6. The predicted molar refractivity (Wildman–Crippen MR) is 280 cm³/mol. The molecule has 385 valence electrons. The molecule has 0 fully saturated rings. The number of hydrogen-bond donors (Lipinski definition) is 0. The summed E-state index contributed by atoms with van der Waals surface area (Å²) < 4.78 is 81.9. The Balaban J connectivity index is 0.000000235. The smallest absolute Gasteiger partial charge is 0.581 e. The predicted octanol–water partition coefficient (Wildman–Crippen LogP) is 12.4. The molecule has 0 aliphatic rings. The number of hydrogen-bond acceptors (Lipinski definition) is 4. The van der Waals surface area contributed by atoms with Crippen LogP contribution in [0.3, 0.4) is 0 Å². The molecule has 1 radical (unpaired) electrons. The number of rotatable bonds is 10. The van der Waals surface area contributed by atoms with Crippen LogP contribution in [0.5, 0.6) is 23.0 Å². The molecule has 0 aliphatic carbocycles. The van der Waals surface area contributed by atoms with E-state index < -0.39 is 39.3 Å². The fourth-order valence-corrected chi connectivity index (χ4v) is 12.4. The Hall–Kier alpha value is -7.00. The zero-order valence-corrected chi connectivity index (χ0v) is 42.9. The first-order valence-corrected chi connectivity index (χ1v) is 25.2. The van der Waals surface area contributed by atoms with Gasteiger partial charge in [-0.25, -0.2) is 0 Å². The third-order valence-corrected chi connectivity index (χ3v) is 16.1. The van der Waals surface area contributed by atoms with Crippen LogP contribution in [0.2, 0.25) is 0 Å². The molecule has 0 spiro atoms. The minimum absolute atomic E-state index is 0. The van der Waals surface area contributed by atoms with Crippen LogP contribution >= 0.6 is 15.8 Å². The van der Waals surface area contributed by atoms with Crippen LogP contribution in [0.4, 0.5) is 26.3 Å². The summed E-state index contributed by atoms with van der Waals surface area (Å²) in [6, 6.07) is 75.9. The van der Waals surface area contributed by atoms with Crippen molar-refractivity contribution in [3.63, 3.8) is 0 Å². The molecule has 10 rings (SSSR count). The van der Waals surface area contributed by atoms with Crippen LogP contribution in [-0.2, 0) is 46.5 Å². The number of aromatic nitrogens is 4. The van der Waals surface area contributed by atoms with E-state index in [9.17, 15) is 26.3 Å². The van der Waals surface area contributed by atoms with Gasteiger partial charge in [0.05, 0.1) is 11.1 Å². The summed E-state index contributed by atoms with van der Waals surface area (Å²) in [6.45, 7) is 7.80.